The van der Waals surface area contributed by atoms with Gasteiger partial charge in [-0.15, -0.1) is 0 Å². The number of carbonyl (C=O) groups excluding carboxylic acids is 1. The first-order valence-electron chi connectivity index (χ1n) is 8.01. The number of nitrogens with zero attached hydrogens (tertiary/aromatic N) is 2. The zero-order valence-electron chi connectivity index (χ0n) is 14.1. The van der Waals surface area contributed by atoms with Gasteiger partial charge in [0.05, 0.1) is 18.2 Å². The van der Waals surface area contributed by atoms with Gasteiger partial charge in [0, 0.05) is 10.9 Å². The summed E-state index contributed by atoms with van der Waals surface area (Å²) in [4.78, 5) is 20.6. The number of carbonyl (C=O) groups is 1. The van der Waals surface area contributed by atoms with Gasteiger partial charge in [-0.3, -0.25) is 0 Å². The van der Waals surface area contributed by atoms with Crippen molar-refractivity contribution in [3.05, 3.63) is 60.2 Å². The van der Waals surface area contributed by atoms with Crippen LogP contribution in [0.1, 0.15) is 10.4 Å². The van der Waals surface area contributed by atoms with Crippen LogP contribution in [0.3, 0.4) is 0 Å². The molecule has 4 N–H and O–H groups in total. The summed E-state index contributed by atoms with van der Waals surface area (Å²) in [7, 11) is 1.37. The van der Waals surface area contributed by atoms with Crippen LogP contribution < -0.4 is 11.5 Å². The summed E-state index contributed by atoms with van der Waals surface area (Å²) in [5, 5.41) is 2.65. The van der Waals surface area contributed by atoms with Crippen LogP contribution in [0.25, 0.3) is 32.8 Å². The molecule has 128 valence electrons. The molecule has 0 atom stereocenters. The third-order valence-corrected chi connectivity index (χ3v) is 4.37. The number of rotatable bonds is 2. The molecule has 26 heavy (non-hydrogen) atoms. The second-order valence-corrected chi connectivity index (χ2v) is 5.90. The minimum atomic E-state index is -0.396. The van der Waals surface area contributed by atoms with Crippen LogP contribution >= 0.6 is 0 Å². The number of hydrogen-bond donors (Lipinski definition) is 2. The molecular formula is C20H16N4O2. The molecule has 0 unspecified atom stereocenters. The summed E-state index contributed by atoms with van der Waals surface area (Å²) in [6, 6.07) is 17.1. The standard InChI is InChI=1S/C20H16N4O2/c1-26-19(25)14-8-6-11-4-2-3-5-13(11)17(14)12-7-9-16-15(10-12)18(21)24-20(22)23-16/h2-10H,1H3,(H4,21,22,23,24). The van der Waals surface area contributed by atoms with Crippen molar-refractivity contribution in [2.45, 2.75) is 0 Å². The Morgan fingerprint density at radius 1 is 0.962 bits per heavy atom. The number of nitrogen functional groups attached to an aromatic ring is 2. The average Bonchev–Trinajstić information content (AvgIpc) is 2.66. The molecule has 0 aliphatic heterocycles. The quantitative estimate of drug-likeness (QED) is 0.540. The van der Waals surface area contributed by atoms with Crippen LogP contribution in [-0.2, 0) is 4.74 Å². The fourth-order valence-electron chi connectivity index (χ4n) is 3.19. The monoisotopic (exact) mass is 344 g/mol. The number of methoxy groups -OCH3 is 1. The number of esters is 1. The molecule has 0 saturated carbocycles. The molecule has 4 rings (SSSR count). The fraction of sp³-hybridized carbons (Fsp3) is 0.0500. The van der Waals surface area contributed by atoms with E-state index in [1.54, 1.807) is 6.07 Å². The summed E-state index contributed by atoms with van der Waals surface area (Å²) < 4.78 is 4.97. The Bertz CT molecular complexity index is 1170. The molecule has 0 amide bonds. The molecule has 0 aliphatic rings. The summed E-state index contributed by atoms with van der Waals surface area (Å²) in [6.07, 6.45) is 0. The van der Waals surface area contributed by atoms with Gasteiger partial charge in [-0.05, 0) is 34.5 Å². The van der Waals surface area contributed by atoms with Crippen LogP contribution in [0.2, 0.25) is 0 Å². The predicted octanol–water partition coefficient (Wildman–Crippen LogP) is 3.40. The maximum Gasteiger partial charge on any atom is 0.338 e. The highest BCUT2D eigenvalue weighted by molar-refractivity contribution is 6.09. The molecule has 1 heterocycles. The normalized spacial score (nSPS) is 11.0. The van der Waals surface area contributed by atoms with Gasteiger partial charge in [0.2, 0.25) is 5.95 Å². The van der Waals surface area contributed by atoms with Gasteiger partial charge in [0.25, 0.3) is 0 Å². The number of fused-ring (bicyclic) bond motifs is 2. The Hall–Kier alpha value is -3.67. The number of ether oxygens (including phenoxy) is 1. The Morgan fingerprint density at radius 3 is 2.58 bits per heavy atom. The number of benzene rings is 3. The topological polar surface area (TPSA) is 104 Å². The first kappa shape index (κ1) is 15.8. The lowest BCUT2D eigenvalue weighted by Crippen LogP contribution is -2.04. The third-order valence-electron chi connectivity index (χ3n) is 4.37. The smallest absolute Gasteiger partial charge is 0.338 e. The van der Waals surface area contributed by atoms with E-state index in [1.165, 1.54) is 7.11 Å². The number of anilines is 2. The lowest BCUT2D eigenvalue weighted by atomic mass is 9.92. The van der Waals surface area contributed by atoms with E-state index in [1.807, 2.05) is 48.5 Å². The van der Waals surface area contributed by atoms with E-state index in [0.717, 1.165) is 21.9 Å². The van der Waals surface area contributed by atoms with Gasteiger partial charge in [0.15, 0.2) is 0 Å². The van der Waals surface area contributed by atoms with E-state index in [-0.39, 0.29) is 5.95 Å². The highest BCUT2D eigenvalue weighted by atomic mass is 16.5. The van der Waals surface area contributed by atoms with Gasteiger partial charge in [-0.25, -0.2) is 9.78 Å². The van der Waals surface area contributed by atoms with Crippen molar-refractivity contribution in [2.75, 3.05) is 18.6 Å². The van der Waals surface area contributed by atoms with E-state index in [4.69, 9.17) is 16.2 Å². The SMILES string of the molecule is COC(=O)c1ccc2ccccc2c1-c1ccc2nc(N)nc(N)c2c1. The first-order valence-corrected chi connectivity index (χ1v) is 8.01. The molecule has 0 bridgehead atoms. The Kier molecular flexibility index (Phi) is 3.65. The van der Waals surface area contributed by atoms with Crippen LogP contribution in [0.5, 0.6) is 0 Å². The molecule has 0 radical (unpaired) electrons. The van der Waals surface area contributed by atoms with Crippen molar-refractivity contribution >= 4 is 39.4 Å². The van der Waals surface area contributed by atoms with Crippen molar-refractivity contribution in [1.82, 2.24) is 9.97 Å². The zero-order chi connectivity index (χ0) is 18.3. The summed E-state index contributed by atoms with van der Waals surface area (Å²) in [5.74, 6) is 0.0322. The van der Waals surface area contributed by atoms with E-state index in [9.17, 15) is 4.79 Å². The summed E-state index contributed by atoms with van der Waals surface area (Å²) >= 11 is 0. The Balaban J connectivity index is 2.07. The van der Waals surface area contributed by atoms with E-state index in [0.29, 0.717) is 22.3 Å². The maximum absolute atomic E-state index is 12.3. The largest absolute Gasteiger partial charge is 0.465 e. The van der Waals surface area contributed by atoms with Crippen molar-refractivity contribution in [2.24, 2.45) is 0 Å². The van der Waals surface area contributed by atoms with Gasteiger partial charge in [0.1, 0.15) is 5.82 Å². The van der Waals surface area contributed by atoms with E-state index >= 15 is 0 Å². The van der Waals surface area contributed by atoms with Gasteiger partial charge < -0.3 is 16.2 Å². The second-order valence-electron chi connectivity index (χ2n) is 5.90. The number of nitrogens with two attached hydrogens (primary N) is 2. The Morgan fingerprint density at radius 2 is 1.77 bits per heavy atom. The minimum Gasteiger partial charge on any atom is -0.465 e. The average molecular weight is 344 g/mol. The number of aromatic nitrogens is 2. The Labute approximate surface area is 149 Å². The van der Waals surface area contributed by atoms with Crippen molar-refractivity contribution in [3.8, 4) is 11.1 Å². The first-order chi connectivity index (χ1) is 12.6. The summed E-state index contributed by atoms with van der Waals surface area (Å²) in [5.41, 5.74) is 14.4. The summed E-state index contributed by atoms with van der Waals surface area (Å²) in [6.45, 7) is 0. The van der Waals surface area contributed by atoms with Crippen molar-refractivity contribution < 1.29 is 9.53 Å². The second kappa shape index (κ2) is 6.00. The van der Waals surface area contributed by atoms with Gasteiger partial charge >= 0.3 is 5.97 Å². The maximum atomic E-state index is 12.3. The molecule has 4 aromatic rings. The van der Waals surface area contributed by atoms with Crippen molar-refractivity contribution in [1.29, 1.82) is 0 Å². The molecule has 3 aromatic carbocycles. The molecule has 0 spiro atoms. The highest BCUT2D eigenvalue weighted by Crippen LogP contribution is 2.35. The van der Waals surface area contributed by atoms with Crippen LogP contribution in [0.4, 0.5) is 11.8 Å². The number of hydrogen-bond acceptors (Lipinski definition) is 6. The molecule has 1 aromatic heterocycles. The molecular weight excluding hydrogens is 328 g/mol. The molecule has 0 fully saturated rings. The fourth-order valence-corrected chi connectivity index (χ4v) is 3.19. The molecule has 0 saturated heterocycles. The van der Waals surface area contributed by atoms with Crippen LogP contribution in [0, 0.1) is 0 Å². The zero-order valence-corrected chi connectivity index (χ0v) is 14.1. The third kappa shape index (κ3) is 2.48. The molecule has 6 heteroatoms. The van der Waals surface area contributed by atoms with Crippen LogP contribution in [0.15, 0.2) is 54.6 Å². The van der Waals surface area contributed by atoms with Gasteiger partial charge in [-0.2, -0.15) is 4.98 Å². The highest BCUT2D eigenvalue weighted by Gasteiger charge is 2.17. The van der Waals surface area contributed by atoms with Crippen LogP contribution in [-0.4, -0.2) is 23.0 Å². The minimum absolute atomic E-state index is 0.128. The molecule has 0 aliphatic carbocycles. The molecule has 6 nitrogen and oxygen atoms in total. The van der Waals surface area contributed by atoms with Gasteiger partial charge in [-0.1, -0.05) is 36.4 Å². The predicted molar refractivity (Wildman–Crippen MR) is 103 cm³/mol. The van der Waals surface area contributed by atoms with E-state index < -0.39 is 5.97 Å². The van der Waals surface area contributed by atoms with Crippen molar-refractivity contribution in [3.63, 3.8) is 0 Å². The lowest BCUT2D eigenvalue weighted by Gasteiger charge is -2.13. The lowest BCUT2D eigenvalue weighted by molar-refractivity contribution is 0.0602. The van der Waals surface area contributed by atoms with E-state index in [2.05, 4.69) is 9.97 Å².